The van der Waals surface area contributed by atoms with E-state index in [1.165, 1.54) is 12.1 Å². The number of nitrogens with one attached hydrogen (secondary N) is 2. The molecule has 3 aromatic rings. The molecule has 0 spiro atoms. The molecule has 1 unspecified atom stereocenters. The molecule has 0 fully saturated rings. The van der Waals surface area contributed by atoms with Crippen molar-refractivity contribution in [3.8, 4) is 5.82 Å². The van der Waals surface area contributed by atoms with Crippen molar-refractivity contribution in [2.75, 3.05) is 5.32 Å². The molecule has 0 radical (unpaired) electrons. The minimum atomic E-state index is -0.764. The third-order valence-corrected chi connectivity index (χ3v) is 5.05. The Bertz CT molecular complexity index is 1060. The Morgan fingerprint density at radius 3 is 2.43 bits per heavy atom. The van der Waals surface area contributed by atoms with E-state index in [-0.39, 0.29) is 22.4 Å². The average molecular weight is 446 g/mol. The summed E-state index contributed by atoms with van der Waals surface area (Å²) < 4.78 is 1.83. The summed E-state index contributed by atoms with van der Waals surface area (Å²) in [6.45, 7) is 5.56. The number of hydrogen-bond donors (Lipinski definition) is 2. The van der Waals surface area contributed by atoms with Gasteiger partial charge in [0, 0.05) is 17.4 Å². The van der Waals surface area contributed by atoms with Gasteiger partial charge in [0.25, 0.3) is 5.91 Å². The van der Waals surface area contributed by atoms with Gasteiger partial charge in [-0.05, 0) is 43.2 Å². The molecule has 1 atom stereocenters. The second-order valence-electron chi connectivity index (χ2n) is 7.06. The molecule has 0 aliphatic heterocycles. The van der Waals surface area contributed by atoms with Crippen molar-refractivity contribution < 1.29 is 9.59 Å². The highest BCUT2D eigenvalue weighted by atomic mass is 35.5. The van der Waals surface area contributed by atoms with Crippen LogP contribution in [-0.2, 0) is 4.79 Å². The van der Waals surface area contributed by atoms with Crippen LogP contribution < -0.4 is 10.6 Å². The Balaban J connectivity index is 1.71. The van der Waals surface area contributed by atoms with Gasteiger partial charge in [0.15, 0.2) is 0 Å². The first-order valence-electron chi connectivity index (χ1n) is 9.29. The minimum absolute atomic E-state index is 0.152. The fourth-order valence-corrected chi connectivity index (χ4v) is 3.36. The molecule has 0 aliphatic rings. The third-order valence-electron chi connectivity index (χ3n) is 4.50. The van der Waals surface area contributed by atoms with E-state index < -0.39 is 11.9 Å². The van der Waals surface area contributed by atoms with Crippen LogP contribution in [0.3, 0.4) is 0 Å². The van der Waals surface area contributed by atoms with Crippen molar-refractivity contribution in [3.05, 3.63) is 70.4 Å². The maximum absolute atomic E-state index is 12.8. The van der Waals surface area contributed by atoms with Gasteiger partial charge >= 0.3 is 0 Å². The summed E-state index contributed by atoms with van der Waals surface area (Å²) in [5.74, 6) is 0.545. The standard InChI is InChI=1S/C21H21Cl2N5O2/c1-12(2)19(27-20(29)16-6-4-14(22)10-17(16)23)21(30)26-15-5-7-18(25-11-15)28-9-8-24-13(28)3/h4-12,19H,1-3H3,(H,26,30)(H,27,29). The van der Waals surface area contributed by atoms with E-state index in [0.717, 1.165) is 5.82 Å². The SMILES string of the molecule is Cc1nccn1-c1ccc(NC(=O)C(NC(=O)c2ccc(Cl)cc2Cl)C(C)C)cn1. The third kappa shape index (κ3) is 4.98. The number of carbonyl (C=O) groups excluding carboxylic acids is 2. The van der Waals surface area contributed by atoms with Gasteiger partial charge in [-0.2, -0.15) is 0 Å². The molecular weight excluding hydrogens is 425 g/mol. The lowest BCUT2D eigenvalue weighted by molar-refractivity contribution is -0.118. The fourth-order valence-electron chi connectivity index (χ4n) is 2.87. The Morgan fingerprint density at radius 2 is 1.87 bits per heavy atom. The van der Waals surface area contributed by atoms with Crippen LogP contribution in [0.1, 0.15) is 30.0 Å². The lowest BCUT2D eigenvalue weighted by atomic mass is 10.0. The molecule has 1 aromatic carbocycles. The number of halogens is 2. The second-order valence-corrected chi connectivity index (χ2v) is 7.90. The number of aromatic nitrogens is 3. The Morgan fingerprint density at radius 1 is 1.10 bits per heavy atom. The van der Waals surface area contributed by atoms with Gasteiger partial charge in [0.05, 0.1) is 22.5 Å². The number of rotatable bonds is 6. The molecule has 2 N–H and O–H groups in total. The molecule has 2 heterocycles. The van der Waals surface area contributed by atoms with E-state index in [0.29, 0.717) is 16.5 Å². The maximum atomic E-state index is 12.8. The highest BCUT2D eigenvalue weighted by Gasteiger charge is 2.25. The summed E-state index contributed by atoms with van der Waals surface area (Å²) in [5, 5.41) is 6.19. The first-order valence-corrected chi connectivity index (χ1v) is 10.0. The minimum Gasteiger partial charge on any atom is -0.340 e. The Labute approximate surface area is 184 Å². The zero-order valence-corrected chi connectivity index (χ0v) is 18.2. The van der Waals surface area contributed by atoms with Crippen LogP contribution in [0.25, 0.3) is 5.82 Å². The quantitative estimate of drug-likeness (QED) is 0.592. The molecule has 156 valence electrons. The summed E-state index contributed by atoms with van der Waals surface area (Å²) in [7, 11) is 0. The zero-order valence-electron chi connectivity index (χ0n) is 16.7. The van der Waals surface area contributed by atoms with Gasteiger partial charge < -0.3 is 10.6 Å². The maximum Gasteiger partial charge on any atom is 0.253 e. The van der Waals surface area contributed by atoms with E-state index in [9.17, 15) is 9.59 Å². The molecule has 0 bridgehead atoms. The highest BCUT2D eigenvalue weighted by molar-refractivity contribution is 6.36. The molecule has 30 heavy (non-hydrogen) atoms. The molecule has 2 amide bonds. The van der Waals surface area contributed by atoms with Crippen molar-refractivity contribution in [2.45, 2.75) is 26.8 Å². The summed E-state index contributed by atoms with van der Waals surface area (Å²) in [4.78, 5) is 33.9. The predicted molar refractivity (Wildman–Crippen MR) is 117 cm³/mol. The Hall–Kier alpha value is -2.90. The summed E-state index contributed by atoms with van der Waals surface area (Å²) in [6.07, 6.45) is 5.06. The number of amides is 2. The molecule has 0 saturated carbocycles. The predicted octanol–water partition coefficient (Wildman–Crippen LogP) is 4.28. The first kappa shape index (κ1) is 21.8. The van der Waals surface area contributed by atoms with Crippen LogP contribution >= 0.6 is 23.2 Å². The molecular formula is C21H21Cl2N5O2. The summed E-state index contributed by atoms with van der Waals surface area (Å²) in [6, 6.07) is 7.34. The van der Waals surface area contributed by atoms with Gasteiger partial charge in [-0.1, -0.05) is 37.0 Å². The monoisotopic (exact) mass is 445 g/mol. The normalized spacial score (nSPS) is 11.9. The van der Waals surface area contributed by atoms with Crippen LogP contribution in [0.5, 0.6) is 0 Å². The number of nitrogens with zero attached hydrogens (tertiary/aromatic N) is 3. The fraction of sp³-hybridized carbons (Fsp3) is 0.238. The van der Waals surface area contributed by atoms with E-state index in [1.807, 2.05) is 31.5 Å². The summed E-state index contributed by atoms with van der Waals surface area (Å²) in [5.41, 5.74) is 0.771. The number of aryl methyl sites for hydroxylation is 1. The first-order chi connectivity index (χ1) is 14.3. The van der Waals surface area contributed by atoms with E-state index in [4.69, 9.17) is 23.2 Å². The number of carbonyl (C=O) groups is 2. The van der Waals surface area contributed by atoms with E-state index in [2.05, 4.69) is 20.6 Å². The average Bonchev–Trinajstić information content (AvgIpc) is 3.12. The summed E-state index contributed by atoms with van der Waals surface area (Å²) >= 11 is 12.0. The van der Waals surface area contributed by atoms with Gasteiger partial charge in [0.2, 0.25) is 5.91 Å². The van der Waals surface area contributed by atoms with Crippen molar-refractivity contribution in [3.63, 3.8) is 0 Å². The van der Waals surface area contributed by atoms with E-state index >= 15 is 0 Å². The Kier molecular flexibility index (Phi) is 6.74. The lowest BCUT2D eigenvalue weighted by Crippen LogP contribution is -2.47. The van der Waals surface area contributed by atoms with Crippen LogP contribution in [0.15, 0.2) is 48.9 Å². The number of benzene rings is 1. The van der Waals surface area contributed by atoms with Crippen molar-refractivity contribution in [1.29, 1.82) is 0 Å². The van der Waals surface area contributed by atoms with Crippen molar-refractivity contribution in [2.24, 2.45) is 5.92 Å². The van der Waals surface area contributed by atoms with Crippen LogP contribution in [0.4, 0.5) is 5.69 Å². The van der Waals surface area contributed by atoms with Gasteiger partial charge in [-0.25, -0.2) is 9.97 Å². The number of pyridine rings is 1. The van der Waals surface area contributed by atoms with Gasteiger partial charge in [-0.3, -0.25) is 14.2 Å². The smallest absolute Gasteiger partial charge is 0.253 e. The molecule has 9 heteroatoms. The van der Waals surface area contributed by atoms with Crippen molar-refractivity contribution in [1.82, 2.24) is 19.9 Å². The molecule has 0 saturated heterocycles. The zero-order chi connectivity index (χ0) is 21.8. The lowest BCUT2D eigenvalue weighted by Gasteiger charge is -2.22. The van der Waals surface area contributed by atoms with Gasteiger partial charge in [0.1, 0.15) is 17.7 Å². The van der Waals surface area contributed by atoms with E-state index in [1.54, 1.807) is 30.6 Å². The number of imidazole rings is 1. The molecule has 7 nitrogen and oxygen atoms in total. The second kappa shape index (κ2) is 9.28. The molecule has 0 aliphatic carbocycles. The van der Waals surface area contributed by atoms with Crippen LogP contribution in [0.2, 0.25) is 10.0 Å². The molecule has 3 rings (SSSR count). The van der Waals surface area contributed by atoms with Crippen LogP contribution in [-0.4, -0.2) is 32.4 Å². The van der Waals surface area contributed by atoms with Crippen molar-refractivity contribution >= 4 is 40.7 Å². The number of hydrogen-bond acceptors (Lipinski definition) is 4. The molecule has 2 aromatic heterocycles. The van der Waals surface area contributed by atoms with Crippen LogP contribution in [0, 0.1) is 12.8 Å². The largest absolute Gasteiger partial charge is 0.340 e. The number of anilines is 1. The topological polar surface area (TPSA) is 88.9 Å². The van der Waals surface area contributed by atoms with Gasteiger partial charge in [-0.15, -0.1) is 0 Å². The highest BCUT2D eigenvalue weighted by Crippen LogP contribution is 2.21.